The highest BCUT2D eigenvalue weighted by atomic mass is 35.5. The van der Waals surface area contributed by atoms with Crippen molar-refractivity contribution in [1.82, 2.24) is 15.0 Å². The number of amides is 1. The van der Waals surface area contributed by atoms with Gasteiger partial charge in [-0.1, -0.05) is 11.6 Å². The van der Waals surface area contributed by atoms with Gasteiger partial charge in [-0.25, -0.2) is 9.78 Å². The summed E-state index contributed by atoms with van der Waals surface area (Å²) in [7, 11) is 0. The Hall–Kier alpha value is -3.12. The molecule has 6 nitrogen and oxygen atoms in total. The molecule has 0 spiro atoms. The number of carbonyl (C=O) groups is 1. The number of cyclic esters (lactones) is 1. The molecule has 1 N–H and O–H groups in total. The van der Waals surface area contributed by atoms with Gasteiger partial charge in [0.15, 0.2) is 0 Å². The zero-order valence-corrected chi connectivity index (χ0v) is 15.2. The lowest BCUT2D eigenvalue weighted by atomic mass is 10.0. The molecule has 0 atom stereocenters. The standard InChI is InChI=1S/C20H15ClN4O2/c1-11-18-14(4-5-22-11)16-9-13(21)8-15(19(16)24-18)12-2-3-17(23-10-12)25-6-7-27-20(25)26/h2-5,8-10,24H,6-7H2,1H3. The van der Waals surface area contributed by atoms with Gasteiger partial charge in [0.1, 0.15) is 12.4 Å². The van der Waals surface area contributed by atoms with Gasteiger partial charge in [-0.2, -0.15) is 0 Å². The van der Waals surface area contributed by atoms with E-state index < -0.39 is 0 Å². The fourth-order valence-electron chi connectivity index (χ4n) is 3.56. The minimum atomic E-state index is -0.362. The van der Waals surface area contributed by atoms with Crippen molar-refractivity contribution in [2.45, 2.75) is 6.92 Å². The van der Waals surface area contributed by atoms with Crippen LogP contribution >= 0.6 is 11.6 Å². The molecule has 4 aromatic rings. The van der Waals surface area contributed by atoms with E-state index in [-0.39, 0.29) is 6.09 Å². The highest BCUT2D eigenvalue weighted by Gasteiger charge is 2.24. The quantitative estimate of drug-likeness (QED) is 0.549. The van der Waals surface area contributed by atoms with Crippen LogP contribution in [0.15, 0.2) is 42.7 Å². The van der Waals surface area contributed by atoms with E-state index in [4.69, 9.17) is 16.3 Å². The largest absolute Gasteiger partial charge is 0.447 e. The van der Waals surface area contributed by atoms with Crippen molar-refractivity contribution in [3.63, 3.8) is 0 Å². The number of pyridine rings is 2. The summed E-state index contributed by atoms with van der Waals surface area (Å²) in [6.45, 7) is 2.88. The summed E-state index contributed by atoms with van der Waals surface area (Å²) in [5.74, 6) is 0.580. The van der Waals surface area contributed by atoms with Crippen molar-refractivity contribution in [2.75, 3.05) is 18.1 Å². The number of hydrogen-bond donors (Lipinski definition) is 1. The highest BCUT2D eigenvalue weighted by molar-refractivity contribution is 6.32. The molecule has 7 heteroatoms. The van der Waals surface area contributed by atoms with E-state index in [1.807, 2.05) is 37.3 Å². The van der Waals surface area contributed by atoms with Gasteiger partial charge in [-0.15, -0.1) is 0 Å². The van der Waals surface area contributed by atoms with Gasteiger partial charge in [-0.3, -0.25) is 9.88 Å². The fraction of sp³-hybridized carbons (Fsp3) is 0.150. The van der Waals surface area contributed by atoms with Crippen molar-refractivity contribution >= 4 is 45.3 Å². The maximum Gasteiger partial charge on any atom is 0.415 e. The van der Waals surface area contributed by atoms with Crippen LogP contribution in [-0.2, 0) is 4.74 Å². The molecule has 0 saturated carbocycles. The molecule has 0 aliphatic carbocycles. The Kier molecular flexibility index (Phi) is 3.55. The summed E-state index contributed by atoms with van der Waals surface area (Å²) in [6, 6.07) is 9.63. The number of hydrogen-bond acceptors (Lipinski definition) is 4. The molecule has 3 aromatic heterocycles. The average molecular weight is 379 g/mol. The molecule has 1 aliphatic rings. The van der Waals surface area contributed by atoms with Gasteiger partial charge < -0.3 is 9.72 Å². The smallest absolute Gasteiger partial charge is 0.415 e. The molecular formula is C20H15ClN4O2. The SMILES string of the molecule is Cc1nccc2c1[nH]c1c(-c3ccc(N4CCOC4=O)nc3)cc(Cl)cc12. The second-order valence-electron chi connectivity index (χ2n) is 6.49. The van der Waals surface area contributed by atoms with E-state index in [9.17, 15) is 4.79 Å². The monoisotopic (exact) mass is 378 g/mol. The minimum absolute atomic E-state index is 0.362. The van der Waals surface area contributed by atoms with Crippen molar-refractivity contribution in [2.24, 2.45) is 0 Å². The normalized spacial score (nSPS) is 14.3. The maximum atomic E-state index is 11.7. The molecule has 1 aliphatic heterocycles. The van der Waals surface area contributed by atoms with Crippen LogP contribution in [0.3, 0.4) is 0 Å². The summed E-state index contributed by atoms with van der Waals surface area (Å²) in [6.07, 6.45) is 3.19. The first-order valence-electron chi connectivity index (χ1n) is 8.59. The Bertz CT molecular complexity index is 1200. The zero-order valence-electron chi connectivity index (χ0n) is 14.5. The van der Waals surface area contributed by atoms with Crippen LogP contribution in [0, 0.1) is 6.92 Å². The Morgan fingerprint density at radius 3 is 2.78 bits per heavy atom. The number of aromatic amines is 1. The van der Waals surface area contributed by atoms with Gasteiger partial charge in [-0.05, 0) is 37.3 Å². The minimum Gasteiger partial charge on any atom is -0.447 e. The van der Waals surface area contributed by atoms with Crippen LogP contribution < -0.4 is 4.90 Å². The van der Waals surface area contributed by atoms with Crippen LogP contribution in [0.5, 0.6) is 0 Å². The summed E-state index contributed by atoms with van der Waals surface area (Å²) in [5, 5.41) is 2.79. The number of nitrogens with one attached hydrogen (secondary N) is 1. The lowest BCUT2D eigenvalue weighted by Crippen LogP contribution is -2.24. The van der Waals surface area contributed by atoms with Gasteiger partial charge in [0.2, 0.25) is 0 Å². The van der Waals surface area contributed by atoms with Gasteiger partial charge in [0.05, 0.1) is 23.3 Å². The van der Waals surface area contributed by atoms with Crippen LogP contribution in [0.1, 0.15) is 5.69 Å². The Balaban J connectivity index is 1.67. The number of H-pyrrole nitrogens is 1. The van der Waals surface area contributed by atoms with E-state index in [0.717, 1.165) is 38.6 Å². The highest BCUT2D eigenvalue weighted by Crippen LogP contribution is 2.36. The molecule has 5 rings (SSSR count). The molecule has 1 aromatic carbocycles. The molecule has 134 valence electrons. The van der Waals surface area contributed by atoms with Gasteiger partial charge in [0.25, 0.3) is 0 Å². The number of nitrogens with zero attached hydrogens (tertiary/aromatic N) is 3. The predicted octanol–water partition coefficient (Wildman–Crippen LogP) is 4.70. The molecule has 1 saturated heterocycles. The average Bonchev–Trinajstić information content (AvgIpc) is 3.26. The lowest BCUT2D eigenvalue weighted by molar-refractivity contribution is 0.181. The van der Waals surface area contributed by atoms with Gasteiger partial charge in [0, 0.05) is 39.3 Å². The second kappa shape index (κ2) is 5.96. The number of aryl methyl sites for hydroxylation is 1. The third-order valence-electron chi connectivity index (χ3n) is 4.88. The number of carbonyl (C=O) groups excluding carboxylic acids is 1. The maximum absolute atomic E-state index is 11.7. The molecule has 1 amide bonds. The first-order chi connectivity index (χ1) is 13.1. The Labute approximate surface area is 159 Å². The van der Waals surface area contributed by atoms with E-state index in [0.29, 0.717) is 24.0 Å². The lowest BCUT2D eigenvalue weighted by Gasteiger charge is -2.12. The van der Waals surface area contributed by atoms with Crippen molar-refractivity contribution in [3.8, 4) is 11.1 Å². The Morgan fingerprint density at radius 2 is 2.04 bits per heavy atom. The van der Waals surface area contributed by atoms with E-state index in [1.54, 1.807) is 12.4 Å². The Morgan fingerprint density at radius 1 is 1.15 bits per heavy atom. The summed E-state index contributed by atoms with van der Waals surface area (Å²) < 4.78 is 4.97. The third-order valence-corrected chi connectivity index (χ3v) is 5.10. The van der Waals surface area contributed by atoms with E-state index in [1.165, 1.54) is 4.90 Å². The zero-order chi connectivity index (χ0) is 18.5. The number of rotatable bonds is 2. The summed E-state index contributed by atoms with van der Waals surface area (Å²) >= 11 is 6.41. The second-order valence-corrected chi connectivity index (χ2v) is 6.93. The molecule has 1 fully saturated rings. The predicted molar refractivity (Wildman–Crippen MR) is 105 cm³/mol. The number of ether oxygens (including phenoxy) is 1. The number of benzene rings is 1. The molecule has 0 radical (unpaired) electrons. The fourth-order valence-corrected chi connectivity index (χ4v) is 3.78. The number of halogens is 1. The molecular weight excluding hydrogens is 364 g/mol. The van der Waals surface area contributed by atoms with E-state index >= 15 is 0 Å². The van der Waals surface area contributed by atoms with Crippen LogP contribution in [0.4, 0.5) is 10.6 Å². The summed E-state index contributed by atoms with van der Waals surface area (Å²) in [4.78, 5) is 25.5. The first kappa shape index (κ1) is 16.1. The third kappa shape index (κ3) is 2.52. The van der Waals surface area contributed by atoms with Crippen LogP contribution in [-0.4, -0.2) is 34.2 Å². The van der Waals surface area contributed by atoms with Crippen molar-refractivity contribution in [3.05, 3.63) is 53.4 Å². The molecule has 27 heavy (non-hydrogen) atoms. The van der Waals surface area contributed by atoms with Crippen LogP contribution in [0.2, 0.25) is 5.02 Å². The van der Waals surface area contributed by atoms with Crippen molar-refractivity contribution < 1.29 is 9.53 Å². The number of anilines is 1. The molecule has 4 heterocycles. The number of aromatic nitrogens is 3. The first-order valence-corrected chi connectivity index (χ1v) is 8.97. The number of fused-ring (bicyclic) bond motifs is 3. The topological polar surface area (TPSA) is 71.1 Å². The molecule has 0 bridgehead atoms. The summed E-state index contributed by atoms with van der Waals surface area (Å²) in [5.41, 5.74) is 4.79. The van der Waals surface area contributed by atoms with E-state index in [2.05, 4.69) is 15.0 Å². The van der Waals surface area contributed by atoms with Crippen LogP contribution in [0.25, 0.3) is 32.9 Å². The van der Waals surface area contributed by atoms with Crippen molar-refractivity contribution in [1.29, 1.82) is 0 Å². The van der Waals surface area contributed by atoms with Gasteiger partial charge >= 0.3 is 6.09 Å². The molecule has 0 unspecified atom stereocenters.